The molecule has 0 bridgehead atoms. The van der Waals surface area contributed by atoms with Crippen LogP contribution >= 0.6 is 15.9 Å². The average Bonchev–Trinajstić information content (AvgIpc) is 2.84. The Morgan fingerprint density at radius 3 is 2.95 bits per heavy atom. The van der Waals surface area contributed by atoms with Gasteiger partial charge < -0.3 is 10.1 Å². The zero-order chi connectivity index (χ0) is 14.5. The van der Waals surface area contributed by atoms with E-state index in [1.54, 1.807) is 12.1 Å². The molecule has 3 unspecified atom stereocenters. The maximum Gasteiger partial charge on any atom is 0.285 e. The second-order valence-electron chi connectivity index (χ2n) is 6.11. The lowest BCUT2D eigenvalue weighted by molar-refractivity contribution is -0.385. The summed E-state index contributed by atoms with van der Waals surface area (Å²) in [7, 11) is 0. The van der Waals surface area contributed by atoms with Gasteiger partial charge in [0.2, 0.25) is 0 Å². The Hall–Kier alpha value is -1.14. The highest BCUT2D eigenvalue weighted by atomic mass is 79.9. The maximum atomic E-state index is 11.0. The molecular formula is C14H17BrN2O3. The van der Waals surface area contributed by atoms with E-state index in [9.17, 15) is 10.1 Å². The quantitative estimate of drug-likeness (QED) is 0.674. The highest BCUT2D eigenvalue weighted by molar-refractivity contribution is 9.10. The van der Waals surface area contributed by atoms with E-state index in [4.69, 9.17) is 4.74 Å². The molecule has 2 fully saturated rings. The number of rotatable bonds is 3. The molecule has 3 atom stereocenters. The van der Waals surface area contributed by atoms with Crippen LogP contribution in [0, 0.1) is 21.4 Å². The van der Waals surface area contributed by atoms with Crippen molar-refractivity contribution in [1.29, 1.82) is 0 Å². The van der Waals surface area contributed by atoms with Crippen LogP contribution in [-0.2, 0) is 4.74 Å². The summed E-state index contributed by atoms with van der Waals surface area (Å²) >= 11 is 3.21. The van der Waals surface area contributed by atoms with Crippen molar-refractivity contribution < 1.29 is 9.66 Å². The number of nitro benzene ring substituents is 1. The Balaban J connectivity index is 1.82. The molecule has 0 aromatic heterocycles. The highest BCUT2D eigenvalue weighted by Crippen LogP contribution is 2.53. The van der Waals surface area contributed by atoms with Gasteiger partial charge in [-0.05, 0) is 34.5 Å². The summed E-state index contributed by atoms with van der Waals surface area (Å²) in [6, 6.07) is 5.48. The second-order valence-corrected chi connectivity index (χ2v) is 6.96. The predicted octanol–water partition coefficient (Wildman–Crippen LogP) is 3.58. The van der Waals surface area contributed by atoms with E-state index in [-0.39, 0.29) is 16.0 Å². The SMILES string of the molecule is CC1(C)C(Nc2ccc(Br)c([N+](=O)[O-])c2)C2CCOC21. The van der Waals surface area contributed by atoms with Crippen LogP contribution in [0.25, 0.3) is 0 Å². The molecule has 1 saturated heterocycles. The number of nitro groups is 1. The third kappa shape index (κ3) is 2.02. The molecule has 1 N–H and O–H groups in total. The molecule has 3 rings (SSSR count). The van der Waals surface area contributed by atoms with Crippen LogP contribution in [0.15, 0.2) is 22.7 Å². The molecule has 20 heavy (non-hydrogen) atoms. The van der Waals surface area contributed by atoms with Crippen LogP contribution < -0.4 is 5.32 Å². The van der Waals surface area contributed by atoms with Crippen molar-refractivity contribution in [2.75, 3.05) is 11.9 Å². The molecule has 1 aromatic rings. The molecule has 1 aliphatic heterocycles. The minimum atomic E-state index is -0.372. The third-order valence-electron chi connectivity index (χ3n) is 4.57. The zero-order valence-corrected chi connectivity index (χ0v) is 13.0. The molecule has 0 spiro atoms. The van der Waals surface area contributed by atoms with E-state index >= 15 is 0 Å². The molecule has 108 valence electrons. The first-order valence-corrected chi connectivity index (χ1v) is 7.52. The van der Waals surface area contributed by atoms with Crippen LogP contribution in [0.3, 0.4) is 0 Å². The van der Waals surface area contributed by atoms with Crippen LogP contribution in [0.4, 0.5) is 11.4 Å². The fourth-order valence-corrected chi connectivity index (χ4v) is 3.93. The lowest BCUT2D eigenvalue weighted by Crippen LogP contribution is -2.63. The molecule has 0 radical (unpaired) electrons. The molecular weight excluding hydrogens is 324 g/mol. The van der Waals surface area contributed by atoms with Gasteiger partial charge in [-0.3, -0.25) is 10.1 Å². The van der Waals surface area contributed by atoms with E-state index in [1.807, 2.05) is 6.07 Å². The molecule has 1 aliphatic carbocycles. The molecule has 1 saturated carbocycles. The number of nitrogens with zero attached hydrogens (tertiary/aromatic N) is 1. The predicted molar refractivity (Wildman–Crippen MR) is 79.8 cm³/mol. The van der Waals surface area contributed by atoms with E-state index in [0.29, 0.717) is 22.5 Å². The van der Waals surface area contributed by atoms with Crippen molar-refractivity contribution in [3.63, 3.8) is 0 Å². The number of hydrogen-bond donors (Lipinski definition) is 1. The van der Waals surface area contributed by atoms with Gasteiger partial charge in [-0.2, -0.15) is 0 Å². The Labute approximate surface area is 126 Å². The number of fused-ring (bicyclic) bond motifs is 1. The first-order chi connectivity index (χ1) is 9.41. The third-order valence-corrected chi connectivity index (χ3v) is 5.24. The molecule has 2 aliphatic rings. The van der Waals surface area contributed by atoms with Gasteiger partial charge in [0.05, 0.1) is 15.5 Å². The summed E-state index contributed by atoms with van der Waals surface area (Å²) in [5.41, 5.74) is 0.943. The van der Waals surface area contributed by atoms with E-state index in [1.165, 1.54) is 0 Å². The summed E-state index contributed by atoms with van der Waals surface area (Å²) in [6.45, 7) is 5.19. The maximum absolute atomic E-state index is 11.0. The summed E-state index contributed by atoms with van der Waals surface area (Å²) in [6.07, 6.45) is 1.37. The standard InChI is InChI=1S/C14H17BrN2O3/c1-14(2)12(9-5-6-20-13(9)14)16-8-3-4-10(15)11(7-8)17(18)19/h3-4,7,9,12-13,16H,5-6H2,1-2H3. The first kappa shape index (κ1) is 13.8. The van der Waals surface area contributed by atoms with Crippen LogP contribution in [0.2, 0.25) is 0 Å². The molecule has 0 amide bonds. The Morgan fingerprint density at radius 2 is 2.25 bits per heavy atom. The molecule has 6 heteroatoms. The minimum Gasteiger partial charge on any atom is -0.381 e. The highest BCUT2D eigenvalue weighted by Gasteiger charge is 2.59. The second kappa shape index (κ2) is 4.70. The average molecular weight is 341 g/mol. The number of ether oxygens (including phenoxy) is 1. The Kier molecular flexibility index (Phi) is 3.25. The van der Waals surface area contributed by atoms with E-state index in [0.717, 1.165) is 18.7 Å². The largest absolute Gasteiger partial charge is 0.381 e. The molecule has 1 heterocycles. The van der Waals surface area contributed by atoms with Crippen LogP contribution in [0.1, 0.15) is 20.3 Å². The van der Waals surface area contributed by atoms with Crippen molar-refractivity contribution in [2.24, 2.45) is 11.3 Å². The number of hydrogen-bond acceptors (Lipinski definition) is 4. The fourth-order valence-electron chi connectivity index (χ4n) is 3.54. The van der Waals surface area contributed by atoms with Crippen molar-refractivity contribution in [1.82, 2.24) is 0 Å². The van der Waals surface area contributed by atoms with E-state index < -0.39 is 0 Å². The van der Waals surface area contributed by atoms with Gasteiger partial charge in [0.1, 0.15) is 0 Å². The Morgan fingerprint density at radius 1 is 1.50 bits per heavy atom. The fraction of sp³-hybridized carbons (Fsp3) is 0.571. The number of anilines is 1. The van der Waals surface area contributed by atoms with Gasteiger partial charge in [-0.15, -0.1) is 0 Å². The van der Waals surface area contributed by atoms with Crippen molar-refractivity contribution in [2.45, 2.75) is 32.4 Å². The summed E-state index contributed by atoms with van der Waals surface area (Å²) in [5, 5.41) is 14.4. The molecule has 1 aromatic carbocycles. The van der Waals surface area contributed by atoms with Crippen LogP contribution in [-0.4, -0.2) is 23.7 Å². The van der Waals surface area contributed by atoms with Gasteiger partial charge in [0.15, 0.2) is 0 Å². The number of benzene rings is 1. The Bertz CT molecular complexity index is 561. The number of halogens is 1. The number of nitrogens with one attached hydrogen (secondary N) is 1. The lowest BCUT2D eigenvalue weighted by Gasteiger charge is -2.55. The van der Waals surface area contributed by atoms with Gasteiger partial charge in [-0.1, -0.05) is 13.8 Å². The zero-order valence-electron chi connectivity index (χ0n) is 11.4. The van der Waals surface area contributed by atoms with Gasteiger partial charge in [0, 0.05) is 35.7 Å². The minimum absolute atomic E-state index is 0.0586. The van der Waals surface area contributed by atoms with Gasteiger partial charge >= 0.3 is 0 Å². The normalized spacial score (nSPS) is 30.4. The van der Waals surface area contributed by atoms with Crippen molar-refractivity contribution in [3.8, 4) is 0 Å². The summed E-state index contributed by atoms with van der Waals surface area (Å²) in [5.74, 6) is 0.507. The summed E-state index contributed by atoms with van der Waals surface area (Å²) in [4.78, 5) is 10.6. The van der Waals surface area contributed by atoms with Crippen LogP contribution in [0.5, 0.6) is 0 Å². The van der Waals surface area contributed by atoms with Gasteiger partial charge in [0.25, 0.3) is 5.69 Å². The first-order valence-electron chi connectivity index (χ1n) is 6.73. The summed E-state index contributed by atoms with van der Waals surface area (Å²) < 4.78 is 6.26. The van der Waals surface area contributed by atoms with Gasteiger partial charge in [-0.25, -0.2) is 0 Å². The lowest BCUT2D eigenvalue weighted by atomic mass is 9.57. The molecule has 5 nitrogen and oxygen atoms in total. The van der Waals surface area contributed by atoms with E-state index in [2.05, 4.69) is 35.1 Å². The van der Waals surface area contributed by atoms with Crippen molar-refractivity contribution >= 4 is 27.3 Å². The monoisotopic (exact) mass is 340 g/mol. The topological polar surface area (TPSA) is 64.4 Å². The van der Waals surface area contributed by atoms with Crippen molar-refractivity contribution in [3.05, 3.63) is 32.8 Å². The smallest absolute Gasteiger partial charge is 0.285 e.